The molecule has 1 atom stereocenters. The van der Waals surface area contributed by atoms with E-state index < -0.39 is 10.0 Å². The number of likely N-dealkylation sites (tertiary alicyclic amines) is 1. The standard InChI is InChI=1S/C25H26N4O3S2/c26-16-19-6-1-4-10-23(19)34(31,32)29-14-11-18(12-15-29)25(30)28-13-5-7-20(17-28)24-27-21-8-2-3-9-22(21)33-24/h1-4,6,8-10,18,20H,5,7,11-15,17H2. The number of benzene rings is 2. The molecule has 1 amide bonds. The zero-order valence-electron chi connectivity index (χ0n) is 18.8. The maximum atomic E-state index is 13.3. The summed E-state index contributed by atoms with van der Waals surface area (Å²) in [6.07, 6.45) is 2.97. The summed E-state index contributed by atoms with van der Waals surface area (Å²) in [7, 11) is -3.76. The molecule has 2 aromatic carbocycles. The van der Waals surface area contributed by atoms with Crippen LogP contribution in [0.4, 0.5) is 0 Å². The Morgan fingerprint density at radius 3 is 2.53 bits per heavy atom. The molecule has 3 aromatic rings. The van der Waals surface area contributed by atoms with E-state index >= 15 is 0 Å². The lowest BCUT2D eigenvalue weighted by Gasteiger charge is -2.37. The normalized spacial score (nSPS) is 20.3. The van der Waals surface area contributed by atoms with Crippen LogP contribution in [-0.4, -0.2) is 54.7 Å². The number of carbonyl (C=O) groups is 1. The molecule has 3 heterocycles. The molecular formula is C25H26N4O3S2. The number of amides is 1. The summed E-state index contributed by atoms with van der Waals surface area (Å²) in [5.74, 6) is 0.199. The molecule has 2 aliphatic rings. The summed E-state index contributed by atoms with van der Waals surface area (Å²) < 4.78 is 28.8. The Morgan fingerprint density at radius 1 is 1.03 bits per heavy atom. The summed E-state index contributed by atoms with van der Waals surface area (Å²) in [4.78, 5) is 20.1. The van der Waals surface area contributed by atoms with Crippen LogP contribution in [0.15, 0.2) is 53.4 Å². The predicted molar refractivity (Wildman–Crippen MR) is 131 cm³/mol. The fourth-order valence-corrected chi connectivity index (χ4v) is 7.67. The minimum absolute atomic E-state index is 0.0389. The summed E-state index contributed by atoms with van der Waals surface area (Å²) in [6.45, 7) is 1.99. The van der Waals surface area contributed by atoms with Crippen molar-refractivity contribution in [3.05, 3.63) is 59.1 Å². The number of nitrogens with zero attached hydrogens (tertiary/aromatic N) is 4. The van der Waals surface area contributed by atoms with Gasteiger partial charge in [0.05, 0.1) is 25.7 Å². The third-order valence-corrected chi connectivity index (χ3v) is 9.98. The van der Waals surface area contributed by atoms with Crippen LogP contribution in [0, 0.1) is 17.2 Å². The topological polar surface area (TPSA) is 94.4 Å². The molecule has 0 radical (unpaired) electrons. The molecule has 0 spiro atoms. The molecular weight excluding hydrogens is 468 g/mol. The number of thiazole rings is 1. The maximum absolute atomic E-state index is 13.3. The minimum Gasteiger partial charge on any atom is -0.342 e. The first-order chi connectivity index (χ1) is 16.5. The Balaban J connectivity index is 1.23. The van der Waals surface area contributed by atoms with Gasteiger partial charge in [-0.3, -0.25) is 4.79 Å². The van der Waals surface area contributed by atoms with Crippen molar-refractivity contribution in [2.75, 3.05) is 26.2 Å². The van der Waals surface area contributed by atoms with Gasteiger partial charge in [0.1, 0.15) is 6.07 Å². The molecule has 9 heteroatoms. The molecule has 2 saturated heterocycles. The number of hydrogen-bond acceptors (Lipinski definition) is 6. The molecule has 34 heavy (non-hydrogen) atoms. The second-order valence-electron chi connectivity index (χ2n) is 8.93. The van der Waals surface area contributed by atoms with Crippen molar-refractivity contribution in [3.63, 3.8) is 0 Å². The number of sulfonamides is 1. The van der Waals surface area contributed by atoms with Crippen molar-refractivity contribution in [1.29, 1.82) is 5.26 Å². The van der Waals surface area contributed by atoms with Crippen molar-refractivity contribution < 1.29 is 13.2 Å². The molecule has 0 bridgehead atoms. The van der Waals surface area contributed by atoms with Crippen LogP contribution in [-0.2, 0) is 14.8 Å². The van der Waals surface area contributed by atoms with Gasteiger partial charge in [-0.25, -0.2) is 13.4 Å². The summed E-state index contributed by atoms with van der Waals surface area (Å²) in [6, 6.07) is 16.4. The largest absolute Gasteiger partial charge is 0.342 e. The molecule has 1 unspecified atom stereocenters. The van der Waals surface area contributed by atoms with Gasteiger partial charge >= 0.3 is 0 Å². The van der Waals surface area contributed by atoms with Crippen LogP contribution in [0.3, 0.4) is 0 Å². The van der Waals surface area contributed by atoms with Gasteiger partial charge in [-0.15, -0.1) is 11.3 Å². The van der Waals surface area contributed by atoms with Gasteiger partial charge in [0, 0.05) is 38.0 Å². The molecule has 2 aliphatic heterocycles. The fourth-order valence-electron chi connectivity index (χ4n) is 4.97. The maximum Gasteiger partial charge on any atom is 0.244 e. The van der Waals surface area contributed by atoms with Crippen molar-refractivity contribution >= 4 is 37.5 Å². The minimum atomic E-state index is -3.76. The highest BCUT2D eigenvalue weighted by atomic mass is 32.2. The van der Waals surface area contributed by atoms with Crippen molar-refractivity contribution in [1.82, 2.24) is 14.2 Å². The lowest BCUT2D eigenvalue weighted by atomic mass is 9.93. The van der Waals surface area contributed by atoms with Gasteiger partial charge in [-0.1, -0.05) is 24.3 Å². The van der Waals surface area contributed by atoms with Gasteiger partial charge in [0.25, 0.3) is 0 Å². The first-order valence-electron chi connectivity index (χ1n) is 11.6. The van der Waals surface area contributed by atoms with Crippen molar-refractivity contribution in [2.45, 2.75) is 36.5 Å². The molecule has 176 valence electrons. The van der Waals surface area contributed by atoms with Crippen LogP contribution in [0.1, 0.15) is 42.2 Å². The number of piperidine rings is 2. The number of nitriles is 1. The summed E-state index contributed by atoms with van der Waals surface area (Å²) in [5, 5.41) is 10.4. The monoisotopic (exact) mass is 494 g/mol. The van der Waals surface area contributed by atoms with Crippen molar-refractivity contribution in [3.8, 4) is 6.07 Å². The number of aromatic nitrogens is 1. The summed E-state index contributed by atoms with van der Waals surface area (Å²) >= 11 is 1.71. The van der Waals surface area contributed by atoms with Crippen LogP contribution in [0.5, 0.6) is 0 Å². The van der Waals surface area contributed by atoms with Gasteiger partial charge in [-0.05, 0) is 49.9 Å². The Hall–Kier alpha value is -2.80. The molecule has 2 fully saturated rings. The van der Waals surface area contributed by atoms with E-state index in [-0.39, 0.29) is 41.3 Å². The highest BCUT2D eigenvalue weighted by molar-refractivity contribution is 7.89. The van der Waals surface area contributed by atoms with E-state index in [0.717, 1.165) is 29.9 Å². The first-order valence-corrected chi connectivity index (χ1v) is 13.9. The van der Waals surface area contributed by atoms with E-state index in [1.807, 2.05) is 29.2 Å². The number of hydrogen-bond donors (Lipinski definition) is 0. The number of rotatable bonds is 4. The second-order valence-corrected chi connectivity index (χ2v) is 11.9. The Labute approximate surface area is 203 Å². The Bertz CT molecular complexity index is 1320. The average Bonchev–Trinajstić information content (AvgIpc) is 3.33. The van der Waals surface area contributed by atoms with E-state index in [4.69, 9.17) is 4.98 Å². The number of fused-ring (bicyclic) bond motifs is 1. The lowest BCUT2D eigenvalue weighted by Crippen LogP contribution is -2.46. The van der Waals surface area contributed by atoms with Gasteiger partial charge in [0.2, 0.25) is 15.9 Å². The zero-order chi connectivity index (χ0) is 23.7. The van der Waals surface area contributed by atoms with E-state index in [1.54, 1.807) is 23.5 Å². The zero-order valence-corrected chi connectivity index (χ0v) is 20.4. The van der Waals surface area contributed by atoms with E-state index in [0.29, 0.717) is 19.4 Å². The molecule has 0 N–H and O–H groups in total. The van der Waals surface area contributed by atoms with Crippen molar-refractivity contribution in [2.24, 2.45) is 5.92 Å². The van der Waals surface area contributed by atoms with Gasteiger partial charge < -0.3 is 4.90 Å². The third kappa shape index (κ3) is 4.33. The number of carbonyl (C=O) groups excluding carboxylic acids is 1. The van der Waals surface area contributed by atoms with Gasteiger partial charge in [-0.2, -0.15) is 9.57 Å². The Kier molecular flexibility index (Phi) is 6.38. The van der Waals surface area contributed by atoms with E-state index in [9.17, 15) is 18.5 Å². The summed E-state index contributed by atoms with van der Waals surface area (Å²) in [5.41, 5.74) is 1.16. The smallest absolute Gasteiger partial charge is 0.244 e. The van der Waals surface area contributed by atoms with Crippen LogP contribution < -0.4 is 0 Å². The quantitative estimate of drug-likeness (QED) is 0.547. The highest BCUT2D eigenvalue weighted by Gasteiger charge is 2.36. The lowest BCUT2D eigenvalue weighted by molar-refractivity contribution is -0.138. The van der Waals surface area contributed by atoms with Gasteiger partial charge in [0.15, 0.2) is 0 Å². The van der Waals surface area contributed by atoms with Crippen LogP contribution in [0.2, 0.25) is 0 Å². The first kappa shape index (κ1) is 23.0. The molecule has 7 nitrogen and oxygen atoms in total. The predicted octanol–water partition coefficient (Wildman–Crippen LogP) is 3.97. The average molecular weight is 495 g/mol. The molecule has 0 saturated carbocycles. The van der Waals surface area contributed by atoms with E-state index in [2.05, 4.69) is 6.07 Å². The SMILES string of the molecule is N#Cc1ccccc1S(=O)(=O)N1CCC(C(=O)N2CCCC(c3nc4ccccc4s3)C2)CC1. The highest BCUT2D eigenvalue weighted by Crippen LogP contribution is 2.34. The van der Waals surface area contributed by atoms with Crippen LogP contribution in [0.25, 0.3) is 10.2 Å². The number of para-hydroxylation sites is 1. The van der Waals surface area contributed by atoms with Crippen LogP contribution >= 0.6 is 11.3 Å². The van der Waals surface area contributed by atoms with E-state index in [1.165, 1.54) is 21.1 Å². The molecule has 1 aromatic heterocycles. The second kappa shape index (κ2) is 9.45. The Morgan fingerprint density at radius 2 is 1.76 bits per heavy atom. The molecule has 5 rings (SSSR count). The third-order valence-electron chi connectivity index (χ3n) is 6.82. The fraction of sp³-hybridized carbons (Fsp3) is 0.400. The molecule has 0 aliphatic carbocycles.